The van der Waals surface area contributed by atoms with Gasteiger partial charge in [-0.15, -0.1) is 0 Å². The van der Waals surface area contributed by atoms with Crippen LogP contribution in [0.2, 0.25) is 0 Å². The van der Waals surface area contributed by atoms with Crippen molar-refractivity contribution in [2.75, 3.05) is 6.26 Å². The Morgan fingerprint density at radius 3 is 2.29 bits per heavy atom. The Morgan fingerprint density at radius 1 is 1.13 bits per heavy atom. The molecule has 0 aliphatic carbocycles. The maximum atomic E-state index is 12.6. The van der Waals surface area contributed by atoms with Crippen molar-refractivity contribution >= 4 is 15.7 Å². The van der Waals surface area contributed by atoms with Gasteiger partial charge in [-0.05, 0) is 42.2 Å². The van der Waals surface area contributed by atoms with Crippen LogP contribution < -0.4 is 11.0 Å². The number of amides is 1. The minimum Gasteiger partial charge on any atom is -0.315 e. The lowest BCUT2D eigenvalue weighted by atomic mass is 10.0. The second-order valence-corrected chi connectivity index (χ2v) is 10.0. The number of nitrogens with zero attached hydrogens (tertiary/aromatic N) is 3. The maximum absolute atomic E-state index is 12.6. The summed E-state index contributed by atoms with van der Waals surface area (Å²) in [5, 5.41) is 13.1. The van der Waals surface area contributed by atoms with Crippen molar-refractivity contribution in [1.82, 2.24) is 19.8 Å². The number of carbonyl (C=O) groups excluding carboxylic acids is 1. The van der Waals surface area contributed by atoms with Gasteiger partial charge in [0, 0.05) is 38.3 Å². The van der Waals surface area contributed by atoms with Crippen molar-refractivity contribution in [3.63, 3.8) is 0 Å². The molecule has 3 rings (SSSR count). The van der Waals surface area contributed by atoms with Gasteiger partial charge in [0.2, 0.25) is 0 Å². The zero-order valence-electron chi connectivity index (χ0n) is 17.4. The Labute approximate surface area is 179 Å². The number of pyridine rings is 1. The van der Waals surface area contributed by atoms with E-state index in [0.29, 0.717) is 0 Å². The molecule has 3 aromatic rings. The molecule has 31 heavy (non-hydrogen) atoms. The van der Waals surface area contributed by atoms with E-state index in [1.54, 1.807) is 23.1 Å². The molecule has 1 aromatic carbocycles. The van der Waals surface area contributed by atoms with Crippen molar-refractivity contribution < 1.29 is 18.4 Å². The quantitative estimate of drug-likeness (QED) is 0.422. The Kier molecular flexibility index (Phi) is 6.14. The van der Waals surface area contributed by atoms with E-state index < -0.39 is 20.5 Å². The van der Waals surface area contributed by atoms with E-state index in [2.05, 4.69) is 5.10 Å². The fraction of sp³-hybridized carbons (Fsp3) is 0.286. The summed E-state index contributed by atoms with van der Waals surface area (Å²) in [6.07, 6.45) is 4.04. The maximum Gasteiger partial charge on any atom is 0.264 e. The van der Waals surface area contributed by atoms with Crippen molar-refractivity contribution in [2.45, 2.75) is 24.6 Å². The van der Waals surface area contributed by atoms with Crippen molar-refractivity contribution in [3.05, 3.63) is 65.2 Å². The van der Waals surface area contributed by atoms with Gasteiger partial charge in [0.1, 0.15) is 0 Å². The number of carbonyl (C=O) groups is 1. The van der Waals surface area contributed by atoms with Gasteiger partial charge >= 0.3 is 0 Å². The summed E-state index contributed by atoms with van der Waals surface area (Å²) in [7, 11) is -1.97. The lowest BCUT2D eigenvalue weighted by Gasteiger charge is -2.25. The first-order chi connectivity index (χ1) is 14.6. The second-order valence-electron chi connectivity index (χ2n) is 7.56. The Morgan fingerprint density at radius 2 is 1.77 bits per heavy atom. The van der Waals surface area contributed by atoms with Crippen molar-refractivity contribution in [1.29, 1.82) is 0 Å². The van der Waals surface area contributed by atoms with E-state index in [1.807, 2.05) is 37.4 Å². The highest BCUT2D eigenvalue weighted by atomic mass is 32.2. The molecule has 164 valence electrons. The minimum absolute atomic E-state index is 0.00443. The normalized spacial score (nSPS) is 13.5. The van der Waals surface area contributed by atoms with Crippen LogP contribution >= 0.6 is 0 Å². The molecule has 0 aliphatic heterocycles. The molecule has 1 atom stereocenters. The molecule has 10 heteroatoms. The molecule has 0 radical (unpaired) electrons. The first-order valence-corrected chi connectivity index (χ1v) is 11.4. The van der Waals surface area contributed by atoms with Crippen LogP contribution in [0.3, 0.4) is 0 Å². The third-order valence-corrected chi connectivity index (χ3v) is 7.59. The van der Waals surface area contributed by atoms with Crippen LogP contribution in [0.15, 0.2) is 59.7 Å². The third kappa shape index (κ3) is 4.44. The minimum atomic E-state index is -3.83. The molecule has 0 bridgehead atoms. The van der Waals surface area contributed by atoms with Crippen LogP contribution in [0, 0.1) is 0 Å². The number of nitrogens with one attached hydrogen (secondary N) is 1. The number of aryl methyl sites for hydroxylation is 2. The zero-order chi connectivity index (χ0) is 22.8. The van der Waals surface area contributed by atoms with Gasteiger partial charge in [-0.1, -0.05) is 24.3 Å². The van der Waals surface area contributed by atoms with Crippen molar-refractivity contribution in [3.8, 4) is 22.4 Å². The van der Waals surface area contributed by atoms with Gasteiger partial charge in [-0.2, -0.15) is 5.10 Å². The van der Waals surface area contributed by atoms with E-state index in [4.69, 9.17) is 5.21 Å². The summed E-state index contributed by atoms with van der Waals surface area (Å²) in [4.78, 5) is 24.5. The molecule has 0 aliphatic rings. The average molecular weight is 445 g/mol. The summed E-state index contributed by atoms with van der Waals surface area (Å²) in [6.45, 7) is 1.21. The molecule has 0 fully saturated rings. The third-order valence-electron chi connectivity index (χ3n) is 5.56. The first-order valence-electron chi connectivity index (χ1n) is 9.50. The first kappa shape index (κ1) is 22.4. The number of hydrogen-bond acceptors (Lipinski definition) is 6. The summed E-state index contributed by atoms with van der Waals surface area (Å²) < 4.78 is 25.4. The van der Waals surface area contributed by atoms with Crippen LogP contribution in [0.1, 0.15) is 13.3 Å². The average Bonchev–Trinajstić information content (AvgIpc) is 3.17. The van der Waals surface area contributed by atoms with E-state index in [0.717, 1.165) is 28.6 Å². The molecule has 2 N–H and O–H groups in total. The van der Waals surface area contributed by atoms with Crippen molar-refractivity contribution in [2.24, 2.45) is 7.05 Å². The van der Waals surface area contributed by atoms with Crippen LogP contribution in [0.4, 0.5) is 0 Å². The fourth-order valence-electron chi connectivity index (χ4n) is 3.28. The van der Waals surface area contributed by atoms with Gasteiger partial charge in [-0.3, -0.25) is 19.5 Å². The molecule has 1 unspecified atom stereocenters. The van der Waals surface area contributed by atoms with E-state index in [-0.39, 0.29) is 18.5 Å². The highest BCUT2D eigenvalue weighted by molar-refractivity contribution is 7.92. The number of rotatable bonds is 7. The molecular formula is C21H24N4O5S. The largest absolute Gasteiger partial charge is 0.315 e. The number of hydroxylamine groups is 1. The number of benzene rings is 1. The van der Waals surface area contributed by atoms with Crippen LogP contribution in [0.5, 0.6) is 0 Å². The Hall–Kier alpha value is -3.24. The summed E-state index contributed by atoms with van der Waals surface area (Å²) in [5.41, 5.74) is 4.63. The monoisotopic (exact) mass is 444 g/mol. The van der Waals surface area contributed by atoms with Crippen LogP contribution in [0.25, 0.3) is 22.4 Å². The molecule has 0 saturated carbocycles. The summed E-state index contributed by atoms with van der Waals surface area (Å²) in [5.74, 6) is -1.03. The van der Waals surface area contributed by atoms with Gasteiger partial charge in [0.05, 0.1) is 5.69 Å². The van der Waals surface area contributed by atoms with Gasteiger partial charge in [0.25, 0.3) is 11.5 Å². The molecule has 2 aromatic heterocycles. The van der Waals surface area contributed by atoms with E-state index >= 15 is 0 Å². The Bertz CT molecular complexity index is 1260. The summed E-state index contributed by atoms with van der Waals surface area (Å²) >= 11 is 0. The molecule has 1 amide bonds. The van der Waals surface area contributed by atoms with Gasteiger partial charge < -0.3 is 4.57 Å². The lowest BCUT2D eigenvalue weighted by molar-refractivity contribution is -0.131. The second kappa shape index (κ2) is 8.48. The predicted octanol–water partition coefficient (Wildman–Crippen LogP) is 1.61. The molecule has 0 spiro atoms. The number of aromatic nitrogens is 3. The topological polar surface area (TPSA) is 123 Å². The van der Waals surface area contributed by atoms with E-state index in [9.17, 15) is 18.0 Å². The van der Waals surface area contributed by atoms with Gasteiger partial charge in [-0.25, -0.2) is 13.9 Å². The van der Waals surface area contributed by atoms with E-state index in [1.165, 1.54) is 23.0 Å². The molecule has 2 heterocycles. The predicted molar refractivity (Wildman–Crippen MR) is 116 cm³/mol. The van der Waals surface area contributed by atoms with Gasteiger partial charge in [0.15, 0.2) is 14.6 Å². The fourth-order valence-corrected chi connectivity index (χ4v) is 4.13. The number of sulfone groups is 1. The smallest absolute Gasteiger partial charge is 0.264 e. The highest BCUT2D eigenvalue weighted by Crippen LogP contribution is 2.24. The van der Waals surface area contributed by atoms with Crippen LogP contribution in [-0.4, -0.2) is 44.9 Å². The molecule has 9 nitrogen and oxygen atoms in total. The standard InChI is InChI=1S/C21H24N4O5S/c1-21(20(27)23-28,31(3,29)30)10-13-25-12-9-17(14-19(25)26)15-4-6-16(7-5-15)18-8-11-22-24(18)2/h4-9,11-12,14,28H,10,13H2,1-3H3,(H,23,27). The Balaban J connectivity index is 1.81. The zero-order valence-corrected chi connectivity index (χ0v) is 18.3. The molecular weight excluding hydrogens is 420 g/mol. The van der Waals surface area contributed by atoms with Crippen LogP contribution in [-0.2, 0) is 28.2 Å². The lowest BCUT2D eigenvalue weighted by Crippen LogP contribution is -2.49. The molecule has 0 saturated heterocycles. The summed E-state index contributed by atoms with van der Waals surface area (Å²) in [6, 6.07) is 12.8. The SMILES string of the molecule is Cn1nccc1-c1ccc(-c2ccn(CCC(C)(C(=O)NO)S(C)(=O)=O)c(=O)c2)cc1. The number of hydrogen-bond donors (Lipinski definition) is 2. The highest BCUT2D eigenvalue weighted by Gasteiger charge is 2.43.